The molecule has 0 fully saturated rings. The molecule has 1 atom stereocenters. The Hall–Kier alpha value is -3.79. The fraction of sp³-hybridized carbons (Fsp3) is 0.269. The predicted octanol–water partition coefficient (Wildman–Crippen LogP) is 4.36. The Morgan fingerprint density at radius 1 is 1.03 bits per heavy atom. The van der Waals surface area contributed by atoms with E-state index in [0.717, 1.165) is 11.6 Å². The number of hydrogen-bond donors (Lipinski definition) is 1. The van der Waals surface area contributed by atoms with E-state index in [2.05, 4.69) is 4.72 Å². The van der Waals surface area contributed by atoms with Crippen LogP contribution in [0.25, 0.3) is 0 Å². The number of carbonyl (C=O) groups excluding carboxylic acids is 1. The molecular weight excluding hydrogens is 487 g/mol. The van der Waals surface area contributed by atoms with Crippen LogP contribution in [0.4, 0.5) is 10.1 Å². The number of fused-ring (bicyclic) bond motifs is 2. The highest BCUT2D eigenvalue weighted by molar-refractivity contribution is 7.92. The van der Waals surface area contributed by atoms with Crippen LogP contribution in [0.3, 0.4) is 0 Å². The topological polar surface area (TPSA) is 94.2 Å². The van der Waals surface area contributed by atoms with E-state index in [1.54, 1.807) is 30.0 Å². The quantitative estimate of drug-likeness (QED) is 0.527. The highest BCUT2D eigenvalue weighted by Gasteiger charge is 2.30. The highest BCUT2D eigenvalue weighted by atomic mass is 32.2. The zero-order valence-electron chi connectivity index (χ0n) is 19.8. The summed E-state index contributed by atoms with van der Waals surface area (Å²) in [6, 6.07) is 14.1. The third-order valence-corrected chi connectivity index (χ3v) is 7.54. The molecule has 36 heavy (non-hydrogen) atoms. The van der Waals surface area contributed by atoms with E-state index in [9.17, 15) is 17.6 Å². The largest absolute Gasteiger partial charge is 0.480 e. The minimum Gasteiger partial charge on any atom is -0.480 e. The predicted molar refractivity (Wildman–Crippen MR) is 130 cm³/mol. The normalized spacial score (nSPS) is 16.8. The highest BCUT2D eigenvalue weighted by Crippen LogP contribution is 2.34. The van der Waals surface area contributed by atoms with Crippen molar-refractivity contribution in [3.05, 3.63) is 77.1 Å². The number of hydrogen-bond acceptors (Lipinski definition) is 6. The van der Waals surface area contributed by atoms with Gasteiger partial charge in [0.05, 0.1) is 4.90 Å². The fourth-order valence-corrected chi connectivity index (χ4v) is 5.24. The first-order chi connectivity index (χ1) is 17.2. The summed E-state index contributed by atoms with van der Waals surface area (Å²) in [5.74, 6) is 1.03. The number of benzene rings is 3. The van der Waals surface area contributed by atoms with Gasteiger partial charge >= 0.3 is 0 Å². The van der Waals surface area contributed by atoms with Crippen LogP contribution < -0.4 is 18.9 Å². The average molecular weight is 513 g/mol. The van der Waals surface area contributed by atoms with Crippen molar-refractivity contribution in [2.24, 2.45) is 0 Å². The number of sulfonamides is 1. The molecule has 0 aromatic heterocycles. The van der Waals surface area contributed by atoms with Gasteiger partial charge in [0, 0.05) is 24.3 Å². The van der Waals surface area contributed by atoms with Crippen molar-refractivity contribution < 1.29 is 31.8 Å². The molecule has 0 saturated heterocycles. The van der Waals surface area contributed by atoms with E-state index < -0.39 is 21.9 Å². The van der Waals surface area contributed by atoms with Crippen LogP contribution in [0, 0.1) is 12.7 Å². The summed E-state index contributed by atoms with van der Waals surface area (Å²) in [6.45, 7) is 4.12. The molecule has 2 heterocycles. The van der Waals surface area contributed by atoms with Gasteiger partial charge in [-0.1, -0.05) is 19.1 Å². The molecule has 3 aromatic carbocycles. The van der Waals surface area contributed by atoms with Crippen LogP contribution in [0.2, 0.25) is 0 Å². The zero-order chi connectivity index (χ0) is 25.4. The summed E-state index contributed by atoms with van der Waals surface area (Å²) in [5, 5.41) is 0. The average Bonchev–Trinajstić information content (AvgIpc) is 3.27. The van der Waals surface area contributed by atoms with Crippen LogP contribution in [0.1, 0.15) is 30.0 Å². The maximum atomic E-state index is 14.0. The maximum absolute atomic E-state index is 14.0. The van der Waals surface area contributed by atoms with Crippen LogP contribution >= 0.6 is 0 Å². The second-order valence-electron chi connectivity index (χ2n) is 8.74. The van der Waals surface area contributed by atoms with E-state index >= 15 is 0 Å². The number of anilines is 1. The molecule has 5 rings (SSSR count). The molecule has 2 aliphatic heterocycles. The SMILES string of the molecule is CCC1Oc2ccc(NS(=O)(=O)c3ccc(C)c(F)c3)cc2CN(Cc2ccc3c(c2)OCO3)C1=O. The smallest absolute Gasteiger partial charge is 0.264 e. The first-order valence-corrected chi connectivity index (χ1v) is 13.0. The third kappa shape index (κ3) is 4.68. The Labute approximate surface area is 208 Å². The van der Waals surface area contributed by atoms with Crippen LogP contribution in [-0.2, 0) is 27.9 Å². The van der Waals surface area contributed by atoms with Gasteiger partial charge in [0.25, 0.3) is 15.9 Å². The van der Waals surface area contributed by atoms with Gasteiger partial charge in [-0.3, -0.25) is 9.52 Å². The number of amides is 1. The number of halogens is 1. The molecule has 0 spiro atoms. The number of nitrogens with zero attached hydrogens (tertiary/aromatic N) is 1. The minimum atomic E-state index is -4.02. The van der Waals surface area contributed by atoms with E-state index in [4.69, 9.17) is 14.2 Å². The lowest BCUT2D eigenvalue weighted by atomic mass is 10.1. The summed E-state index contributed by atoms with van der Waals surface area (Å²) in [6.07, 6.45) is -0.193. The van der Waals surface area contributed by atoms with Gasteiger partial charge in [-0.15, -0.1) is 0 Å². The Balaban J connectivity index is 1.42. The van der Waals surface area contributed by atoms with Crippen molar-refractivity contribution in [3.63, 3.8) is 0 Å². The van der Waals surface area contributed by atoms with Crippen molar-refractivity contribution >= 4 is 21.6 Å². The van der Waals surface area contributed by atoms with Crippen molar-refractivity contribution in [1.29, 1.82) is 0 Å². The van der Waals surface area contributed by atoms with Gasteiger partial charge in [0.1, 0.15) is 11.6 Å². The van der Waals surface area contributed by atoms with Crippen molar-refractivity contribution in [1.82, 2.24) is 4.90 Å². The summed E-state index contributed by atoms with van der Waals surface area (Å²) in [4.78, 5) is 14.7. The monoisotopic (exact) mass is 512 g/mol. The van der Waals surface area contributed by atoms with Gasteiger partial charge in [0.2, 0.25) is 6.79 Å². The van der Waals surface area contributed by atoms with Crippen molar-refractivity contribution in [2.45, 2.75) is 44.4 Å². The van der Waals surface area contributed by atoms with E-state index in [0.29, 0.717) is 41.3 Å². The van der Waals surface area contributed by atoms with E-state index in [1.165, 1.54) is 12.1 Å². The molecule has 1 N–H and O–H groups in total. The molecule has 1 unspecified atom stereocenters. The number of ether oxygens (including phenoxy) is 3. The van der Waals surface area contributed by atoms with E-state index in [1.807, 2.05) is 25.1 Å². The minimum absolute atomic E-state index is 0.161. The Kier molecular flexibility index (Phi) is 6.21. The Morgan fingerprint density at radius 3 is 2.58 bits per heavy atom. The molecule has 2 aliphatic rings. The molecule has 10 heteroatoms. The number of aryl methyl sites for hydroxylation is 1. The van der Waals surface area contributed by atoms with Crippen LogP contribution in [0.15, 0.2) is 59.5 Å². The molecule has 1 amide bonds. The molecule has 0 saturated carbocycles. The lowest BCUT2D eigenvalue weighted by Gasteiger charge is -2.23. The molecular formula is C26H25FN2O6S. The van der Waals surface area contributed by atoms with Crippen molar-refractivity contribution in [3.8, 4) is 17.2 Å². The number of rotatable bonds is 6. The first kappa shape index (κ1) is 23.9. The van der Waals surface area contributed by atoms with Gasteiger partial charge < -0.3 is 19.1 Å². The van der Waals surface area contributed by atoms with Crippen molar-refractivity contribution in [2.75, 3.05) is 11.5 Å². The maximum Gasteiger partial charge on any atom is 0.264 e. The molecule has 0 bridgehead atoms. The van der Waals surface area contributed by atoms with Gasteiger partial charge in [-0.25, -0.2) is 12.8 Å². The van der Waals surface area contributed by atoms with Gasteiger partial charge in [-0.2, -0.15) is 0 Å². The zero-order valence-corrected chi connectivity index (χ0v) is 20.6. The van der Waals surface area contributed by atoms with Crippen LogP contribution in [0.5, 0.6) is 17.2 Å². The summed E-state index contributed by atoms with van der Waals surface area (Å²) in [7, 11) is -4.02. The lowest BCUT2D eigenvalue weighted by Crippen LogP contribution is -2.38. The third-order valence-electron chi connectivity index (χ3n) is 6.17. The van der Waals surface area contributed by atoms with Crippen LogP contribution in [-0.4, -0.2) is 32.1 Å². The molecule has 188 valence electrons. The lowest BCUT2D eigenvalue weighted by molar-refractivity contribution is -0.139. The molecule has 8 nitrogen and oxygen atoms in total. The molecule has 0 aliphatic carbocycles. The number of carbonyl (C=O) groups is 1. The second-order valence-corrected chi connectivity index (χ2v) is 10.4. The summed E-state index contributed by atoms with van der Waals surface area (Å²) in [5.41, 5.74) is 2.15. The fourth-order valence-electron chi connectivity index (χ4n) is 4.18. The molecule has 3 aromatic rings. The van der Waals surface area contributed by atoms with E-state index in [-0.39, 0.29) is 29.8 Å². The number of nitrogens with one attached hydrogen (secondary N) is 1. The summed E-state index contributed by atoms with van der Waals surface area (Å²) >= 11 is 0. The Morgan fingerprint density at radius 2 is 1.81 bits per heavy atom. The van der Waals surface area contributed by atoms with Gasteiger partial charge in [-0.05, 0) is 66.9 Å². The Bertz CT molecular complexity index is 1440. The standard InChI is InChI=1S/C26H25FN2O6S/c1-3-22-26(30)29(13-17-5-8-24-25(10-17)34-15-33-24)14-18-11-19(6-9-23(18)35-22)28-36(31,32)20-7-4-16(2)21(27)12-20/h4-12,22,28H,3,13-15H2,1-2H3. The second kappa shape index (κ2) is 9.34. The first-order valence-electron chi connectivity index (χ1n) is 11.5. The summed E-state index contributed by atoms with van der Waals surface area (Å²) < 4.78 is 59.0. The van der Waals surface area contributed by atoms with Gasteiger partial charge in [0.15, 0.2) is 17.6 Å². The molecule has 0 radical (unpaired) electrons.